The second-order valence-electron chi connectivity index (χ2n) is 4.33. The molecule has 6 heteroatoms. The third-order valence-corrected chi connectivity index (χ3v) is 3.53. The van der Waals surface area contributed by atoms with Gasteiger partial charge in [0.05, 0.1) is 0 Å². The minimum atomic E-state index is 0.158. The Hall–Kier alpha value is -0.610. The summed E-state index contributed by atoms with van der Waals surface area (Å²) < 4.78 is 0. The van der Waals surface area contributed by atoms with Crippen LogP contribution in [-0.4, -0.2) is 27.8 Å². The molecule has 0 N–H and O–H groups in total. The Bertz CT molecular complexity index is 384. The fourth-order valence-corrected chi connectivity index (χ4v) is 2.69. The fourth-order valence-electron chi connectivity index (χ4n) is 2.38. The second kappa shape index (κ2) is 5.83. The van der Waals surface area contributed by atoms with Crippen LogP contribution in [0.25, 0.3) is 0 Å². The number of halogens is 2. The average molecular weight is 275 g/mol. The van der Waals surface area contributed by atoms with Crippen LogP contribution in [0.1, 0.15) is 39.0 Å². The van der Waals surface area contributed by atoms with Gasteiger partial charge in [-0.3, -0.25) is 0 Å². The molecular formula is C11H16Cl2N4. The lowest BCUT2D eigenvalue weighted by Crippen LogP contribution is -2.40. The minimum absolute atomic E-state index is 0.158. The van der Waals surface area contributed by atoms with Gasteiger partial charge in [-0.05, 0) is 37.3 Å². The van der Waals surface area contributed by atoms with E-state index < -0.39 is 0 Å². The van der Waals surface area contributed by atoms with Gasteiger partial charge < -0.3 is 4.90 Å². The molecule has 0 saturated carbocycles. The lowest BCUT2D eigenvalue weighted by Gasteiger charge is -2.36. The van der Waals surface area contributed by atoms with E-state index in [1.807, 2.05) is 0 Å². The lowest BCUT2D eigenvalue weighted by molar-refractivity contribution is 0.431. The van der Waals surface area contributed by atoms with Gasteiger partial charge in [0.15, 0.2) is 11.0 Å². The summed E-state index contributed by atoms with van der Waals surface area (Å²) in [5.74, 6) is 0.685. The van der Waals surface area contributed by atoms with Gasteiger partial charge in [0.1, 0.15) is 0 Å². The van der Waals surface area contributed by atoms with Crippen LogP contribution >= 0.6 is 23.2 Å². The van der Waals surface area contributed by atoms with Crippen LogP contribution < -0.4 is 4.90 Å². The Labute approximate surface area is 111 Å². The van der Waals surface area contributed by atoms with Crippen LogP contribution in [0.15, 0.2) is 0 Å². The Morgan fingerprint density at radius 1 is 1.29 bits per heavy atom. The van der Waals surface area contributed by atoms with Crippen molar-refractivity contribution in [2.24, 2.45) is 0 Å². The molecule has 1 fully saturated rings. The van der Waals surface area contributed by atoms with E-state index in [0.29, 0.717) is 17.0 Å². The molecule has 0 radical (unpaired) electrons. The van der Waals surface area contributed by atoms with Crippen molar-refractivity contribution < 1.29 is 0 Å². The topological polar surface area (TPSA) is 41.9 Å². The summed E-state index contributed by atoms with van der Waals surface area (Å²) in [6, 6.07) is 0.499. The number of anilines is 1. The predicted molar refractivity (Wildman–Crippen MR) is 69.7 cm³/mol. The van der Waals surface area contributed by atoms with E-state index in [1.54, 1.807) is 0 Å². The van der Waals surface area contributed by atoms with Crippen LogP contribution in [-0.2, 0) is 0 Å². The summed E-state index contributed by atoms with van der Waals surface area (Å²) in [5.41, 5.74) is 0. The zero-order valence-corrected chi connectivity index (χ0v) is 11.4. The van der Waals surface area contributed by atoms with Gasteiger partial charge in [-0.25, -0.2) is 0 Å². The van der Waals surface area contributed by atoms with Gasteiger partial charge in [-0.15, -0.1) is 10.2 Å². The number of hydrogen-bond acceptors (Lipinski definition) is 4. The van der Waals surface area contributed by atoms with Crippen LogP contribution in [0, 0.1) is 0 Å². The number of hydrogen-bond donors (Lipinski definition) is 0. The highest BCUT2D eigenvalue weighted by molar-refractivity contribution is 6.32. The van der Waals surface area contributed by atoms with Crippen molar-refractivity contribution in [3.63, 3.8) is 0 Å². The largest absolute Gasteiger partial charge is 0.351 e. The SMILES string of the molecule is CCCC1CCCCN1c1nc(Cl)nnc1Cl. The molecule has 2 rings (SSSR count). The first kappa shape index (κ1) is 12.8. The maximum Gasteiger partial charge on any atom is 0.245 e. The van der Waals surface area contributed by atoms with E-state index in [2.05, 4.69) is 27.0 Å². The molecule has 1 saturated heterocycles. The summed E-state index contributed by atoms with van der Waals surface area (Å²) in [5, 5.41) is 7.98. The summed E-state index contributed by atoms with van der Waals surface area (Å²) in [7, 11) is 0. The predicted octanol–water partition coefficient (Wildman–Crippen LogP) is 3.34. The fraction of sp³-hybridized carbons (Fsp3) is 0.727. The summed E-state index contributed by atoms with van der Waals surface area (Å²) in [4.78, 5) is 6.45. The van der Waals surface area contributed by atoms with Gasteiger partial charge >= 0.3 is 0 Å². The number of piperidine rings is 1. The lowest BCUT2D eigenvalue weighted by atomic mass is 9.98. The monoisotopic (exact) mass is 274 g/mol. The molecule has 17 heavy (non-hydrogen) atoms. The second-order valence-corrected chi connectivity index (χ2v) is 5.02. The molecule has 2 heterocycles. The Morgan fingerprint density at radius 2 is 2.12 bits per heavy atom. The highest BCUT2D eigenvalue weighted by Crippen LogP contribution is 2.30. The Kier molecular flexibility index (Phi) is 4.40. The van der Waals surface area contributed by atoms with Crippen LogP contribution in [0.2, 0.25) is 10.4 Å². The molecule has 1 aromatic heterocycles. The summed E-state index contributed by atoms with van der Waals surface area (Å²) in [6.45, 7) is 3.17. The first-order valence-corrected chi connectivity index (χ1v) is 6.80. The molecule has 1 atom stereocenters. The van der Waals surface area contributed by atoms with Gasteiger partial charge in [-0.2, -0.15) is 4.98 Å². The number of nitrogens with zero attached hydrogens (tertiary/aromatic N) is 4. The minimum Gasteiger partial charge on any atom is -0.351 e. The maximum atomic E-state index is 6.06. The van der Waals surface area contributed by atoms with E-state index in [4.69, 9.17) is 23.2 Å². The first-order valence-electron chi connectivity index (χ1n) is 6.04. The molecule has 94 valence electrons. The van der Waals surface area contributed by atoms with Crippen molar-refractivity contribution in [3.8, 4) is 0 Å². The van der Waals surface area contributed by atoms with Crippen molar-refractivity contribution in [1.82, 2.24) is 15.2 Å². The van der Waals surface area contributed by atoms with E-state index in [-0.39, 0.29) is 5.28 Å². The molecule has 0 bridgehead atoms. The van der Waals surface area contributed by atoms with Gasteiger partial charge in [0.2, 0.25) is 5.28 Å². The maximum absolute atomic E-state index is 6.06. The standard InChI is InChI=1S/C11H16Cl2N4/c1-2-5-8-6-3-4-7-17(8)10-9(12)15-16-11(13)14-10/h8H,2-7H2,1H3. The van der Waals surface area contributed by atoms with E-state index >= 15 is 0 Å². The first-order chi connectivity index (χ1) is 8.22. The Morgan fingerprint density at radius 3 is 2.88 bits per heavy atom. The molecule has 1 aromatic rings. The molecule has 1 aliphatic heterocycles. The third kappa shape index (κ3) is 2.99. The highest BCUT2D eigenvalue weighted by Gasteiger charge is 2.25. The number of rotatable bonds is 3. The molecule has 0 amide bonds. The summed E-state index contributed by atoms with van der Waals surface area (Å²) in [6.07, 6.45) is 5.93. The zero-order valence-electron chi connectivity index (χ0n) is 9.86. The van der Waals surface area contributed by atoms with Crippen LogP contribution in [0.4, 0.5) is 5.82 Å². The van der Waals surface area contributed by atoms with Crippen molar-refractivity contribution >= 4 is 29.0 Å². The average Bonchev–Trinajstić information content (AvgIpc) is 2.34. The molecule has 1 aliphatic rings. The molecule has 1 unspecified atom stereocenters. The van der Waals surface area contributed by atoms with Crippen molar-refractivity contribution in [2.75, 3.05) is 11.4 Å². The molecule has 0 spiro atoms. The normalized spacial score (nSPS) is 20.6. The zero-order chi connectivity index (χ0) is 12.3. The quantitative estimate of drug-likeness (QED) is 0.848. The van der Waals surface area contributed by atoms with Gasteiger partial charge in [0.25, 0.3) is 0 Å². The van der Waals surface area contributed by atoms with Crippen molar-refractivity contribution in [2.45, 2.75) is 45.1 Å². The molecular weight excluding hydrogens is 259 g/mol. The highest BCUT2D eigenvalue weighted by atomic mass is 35.5. The van der Waals surface area contributed by atoms with E-state index in [9.17, 15) is 0 Å². The molecule has 0 aromatic carbocycles. The third-order valence-electron chi connectivity index (χ3n) is 3.12. The Balaban J connectivity index is 2.25. The smallest absolute Gasteiger partial charge is 0.245 e. The van der Waals surface area contributed by atoms with Gasteiger partial charge in [-0.1, -0.05) is 24.9 Å². The number of aromatic nitrogens is 3. The van der Waals surface area contributed by atoms with E-state index in [0.717, 1.165) is 25.8 Å². The molecule has 4 nitrogen and oxygen atoms in total. The van der Waals surface area contributed by atoms with Crippen LogP contribution in [0.5, 0.6) is 0 Å². The van der Waals surface area contributed by atoms with E-state index in [1.165, 1.54) is 12.8 Å². The molecule has 0 aliphatic carbocycles. The van der Waals surface area contributed by atoms with Crippen molar-refractivity contribution in [1.29, 1.82) is 0 Å². The van der Waals surface area contributed by atoms with Crippen LogP contribution in [0.3, 0.4) is 0 Å². The summed E-state index contributed by atoms with van der Waals surface area (Å²) >= 11 is 11.8. The van der Waals surface area contributed by atoms with Crippen molar-refractivity contribution in [3.05, 3.63) is 10.4 Å². The van der Waals surface area contributed by atoms with Gasteiger partial charge in [0, 0.05) is 12.6 Å².